The highest BCUT2D eigenvalue weighted by atomic mass is 16.5. The molecule has 1 aromatic carbocycles. The molecule has 0 radical (unpaired) electrons. The third kappa shape index (κ3) is 3.01. The zero-order chi connectivity index (χ0) is 12.1. The molecule has 0 aliphatic heterocycles. The Kier molecular flexibility index (Phi) is 3.30. The molecule has 0 saturated carbocycles. The molecule has 1 aromatic heterocycles. The molecule has 0 aliphatic carbocycles. The minimum absolute atomic E-state index is 0.340. The summed E-state index contributed by atoms with van der Waals surface area (Å²) in [6, 6.07) is 9.50. The van der Waals surface area contributed by atoms with Crippen molar-refractivity contribution in [2.24, 2.45) is 0 Å². The maximum absolute atomic E-state index is 10.3. The molecule has 17 heavy (non-hydrogen) atoms. The second-order valence-electron chi connectivity index (χ2n) is 3.29. The number of aromatic nitrogens is 2. The van der Waals surface area contributed by atoms with Crippen LogP contribution in [0.4, 0.5) is 0 Å². The molecule has 0 aliphatic rings. The van der Waals surface area contributed by atoms with Gasteiger partial charge in [-0.15, -0.1) is 0 Å². The van der Waals surface area contributed by atoms with Crippen LogP contribution in [-0.2, 0) is 4.79 Å². The van der Waals surface area contributed by atoms with Crippen LogP contribution >= 0.6 is 0 Å². The van der Waals surface area contributed by atoms with Crippen molar-refractivity contribution in [3.63, 3.8) is 0 Å². The van der Waals surface area contributed by atoms with Crippen molar-refractivity contribution in [3.8, 4) is 17.1 Å². The van der Waals surface area contributed by atoms with Gasteiger partial charge in [0.1, 0.15) is 0 Å². The molecule has 0 atom stereocenters. The third-order valence-corrected chi connectivity index (χ3v) is 2.02. The summed E-state index contributed by atoms with van der Waals surface area (Å²) in [5.41, 5.74) is 0.900. The number of hydrogen-bond acceptors (Lipinski definition) is 4. The lowest BCUT2D eigenvalue weighted by Crippen LogP contribution is -2.09. The first-order valence-corrected chi connectivity index (χ1v) is 4.98. The van der Waals surface area contributed by atoms with E-state index in [0.717, 1.165) is 5.56 Å². The summed E-state index contributed by atoms with van der Waals surface area (Å²) >= 11 is 0. The van der Waals surface area contributed by atoms with E-state index in [0.29, 0.717) is 11.6 Å². The summed E-state index contributed by atoms with van der Waals surface area (Å²) in [4.78, 5) is 18.5. The Morgan fingerprint density at radius 3 is 2.41 bits per heavy atom. The summed E-state index contributed by atoms with van der Waals surface area (Å²) in [5, 5.41) is 8.44. The molecular weight excluding hydrogens is 220 g/mol. The van der Waals surface area contributed by atoms with Crippen molar-refractivity contribution in [2.75, 3.05) is 6.61 Å². The molecule has 0 unspecified atom stereocenters. The van der Waals surface area contributed by atoms with Gasteiger partial charge >= 0.3 is 5.97 Å². The standard InChI is InChI=1S/C12H10N2O3/c15-11(16)8-17-10-6-13-12(14-7-10)9-4-2-1-3-5-9/h1-7H,8H2,(H,15,16). The largest absolute Gasteiger partial charge is 0.479 e. The van der Waals surface area contributed by atoms with Crippen molar-refractivity contribution in [1.82, 2.24) is 9.97 Å². The number of nitrogens with zero attached hydrogens (tertiary/aromatic N) is 2. The van der Waals surface area contributed by atoms with Crippen molar-refractivity contribution in [2.45, 2.75) is 0 Å². The minimum atomic E-state index is -1.03. The summed E-state index contributed by atoms with van der Waals surface area (Å²) in [5.74, 6) is -0.113. The first-order chi connectivity index (χ1) is 8.25. The molecule has 0 fully saturated rings. The van der Waals surface area contributed by atoms with E-state index in [1.165, 1.54) is 12.4 Å². The molecule has 86 valence electrons. The van der Waals surface area contributed by atoms with E-state index >= 15 is 0 Å². The second-order valence-corrected chi connectivity index (χ2v) is 3.29. The van der Waals surface area contributed by atoms with E-state index in [-0.39, 0.29) is 0 Å². The van der Waals surface area contributed by atoms with Crippen molar-refractivity contribution in [3.05, 3.63) is 42.7 Å². The molecule has 5 nitrogen and oxygen atoms in total. The lowest BCUT2D eigenvalue weighted by molar-refractivity contribution is -0.139. The first kappa shape index (κ1) is 11.1. The number of ether oxygens (including phenoxy) is 1. The highest BCUT2D eigenvalue weighted by molar-refractivity contribution is 5.68. The van der Waals surface area contributed by atoms with Crippen LogP contribution in [0.15, 0.2) is 42.7 Å². The van der Waals surface area contributed by atoms with E-state index in [1.54, 1.807) is 0 Å². The predicted molar refractivity (Wildman–Crippen MR) is 60.6 cm³/mol. The summed E-state index contributed by atoms with van der Waals surface area (Å²) < 4.78 is 4.93. The Morgan fingerprint density at radius 1 is 1.18 bits per heavy atom. The lowest BCUT2D eigenvalue weighted by Gasteiger charge is -2.03. The van der Waals surface area contributed by atoms with Gasteiger partial charge in [0, 0.05) is 5.56 Å². The second kappa shape index (κ2) is 5.07. The van der Waals surface area contributed by atoms with Crippen LogP contribution in [0.25, 0.3) is 11.4 Å². The fraction of sp³-hybridized carbons (Fsp3) is 0.0833. The number of rotatable bonds is 4. The Balaban J connectivity index is 2.11. The molecule has 1 heterocycles. The normalized spacial score (nSPS) is 9.88. The van der Waals surface area contributed by atoms with Gasteiger partial charge in [0.15, 0.2) is 18.2 Å². The van der Waals surface area contributed by atoms with Crippen molar-refractivity contribution < 1.29 is 14.6 Å². The Hall–Kier alpha value is -2.43. The van der Waals surface area contributed by atoms with E-state index in [1.807, 2.05) is 30.3 Å². The Labute approximate surface area is 97.7 Å². The van der Waals surface area contributed by atoms with E-state index in [2.05, 4.69) is 9.97 Å². The molecule has 5 heteroatoms. The quantitative estimate of drug-likeness (QED) is 0.863. The topological polar surface area (TPSA) is 72.3 Å². The van der Waals surface area contributed by atoms with Gasteiger partial charge in [0.2, 0.25) is 0 Å². The van der Waals surface area contributed by atoms with Gasteiger partial charge in [0.25, 0.3) is 0 Å². The lowest BCUT2D eigenvalue weighted by atomic mass is 10.2. The zero-order valence-electron chi connectivity index (χ0n) is 8.91. The number of carboxylic acids is 1. The fourth-order valence-electron chi connectivity index (χ4n) is 1.27. The fourth-order valence-corrected chi connectivity index (χ4v) is 1.27. The monoisotopic (exact) mass is 230 g/mol. The minimum Gasteiger partial charge on any atom is -0.479 e. The highest BCUT2D eigenvalue weighted by Crippen LogP contribution is 2.15. The molecular formula is C12H10N2O3. The van der Waals surface area contributed by atoms with Gasteiger partial charge in [-0.1, -0.05) is 30.3 Å². The van der Waals surface area contributed by atoms with Gasteiger partial charge in [-0.2, -0.15) is 0 Å². The number of benzene rings is 1. The van der Waals surface area contributed by atoms with Crippen LogP contribution in [0.2, 0.25) is 0 Å². The predicted octanol–water partition coefficient (Wildman–Crippen LogP) is 1.61. The zero-order valence-corrected chi connectivity index (χ0v) is 8.91. The highest BCUT2D eigenvalue weighted by Gasteiger charge is 2.02. The molecule has 0 bridgehead atoms. The van der Waals surface area contributed by atoms with Gasteiger partial charge in [-0.25, -0.2) is 14.8 Å². The maximum Gasteiger partial charge on any atom is 0.341 e. The van der Waals surface area contributed by atoms with E-state index in [9.17, 15) is 4.79 Å². The van der Waals surface area contributed by atoms with E-state index < -0.39 is 12.6 Å². The van der Waals surface area contributed by atoms with Crippen LogP contribution < -0.4 is 4.74 Å². The Bertz CT molecular complexity index is 497. The van der Waals surface area contributed by atoms with Crippen LogP contribution in [-0.4, -0.2) is 27.7 Å². The number of hydrogen-bond donors (Lipinski definition) is 1. The van der Waals surface area contributed by atoms with Gasteiger partial charge in [0.05, 0.1) is 12.4 Å². The molecule has 1 N–H and O–H groups in total. The number of carboxylic acid groups (broad SMARTS) is 1. The number of aliphatic carboxylic acids is 1. The van der Waals surface area contributed by atoms with Crippen LogP contribution in [0, 0.1) is 0 Å². The molecule has 0 saturated heterocycles. The molecule has 0 spiro atoms. The average Bonchev–Trinajstić information content (AvgIpc) is 2.38. The van der Waals surface area contributed by atoms with Gasteiger partial charge in [-0.05, 0) is 0 Å². The van der Waals surface area contributed by atoms with Gasteiger partial charge in [-0.3, -0.25) is 0 Å². The summed E-state index contributed by atoms with van der Waals surface area (Å²) in [6.45, 7) is -0.395. The molecule has 2 rings (SSSR count). The average molecular weight is 230 g/mol. The maximum atomic E-state index is 10.3. The van der Waals surface area contributed by atoms with Crippen molar-refractivity contribution >= 4 is 5.97 Å². The summed E-state index contributed by atoms with van der Waals surface area (Å²) in [6.07, 6.45) is 2.91. The Morgan fingerprint density at radius 2 is 1.82 bits per heavy atom. The van der Waals surface area contributed by atoms with E-state index in [4.69, 9.17) is 9.84 Å². The van der Waals surface area contributed by atoms with Crippen LogP contribution in [0.3, 0.4) is 0 Å². The van der Waals surface area contributed by atoms with Crippen LogP contribution in [0.5, 0.6) is 5.75 Å². The van der Waals surface area contributed by atoms with Gasteiger partial charge < -0.3 is 9.84 Å². The smallest absolute Gasteiger partial charge is 0.341 e. The van der Waals surface area contributed by atoms with Crippen molar-refractivity contribution in [1.29, 1.82) is 0 Å². The first-order valence-electron chi connectivity index (χ1n) is 4.98. The number of carbonyl (C=O) groups is 1. The molecule has 2 aromatic rings. The molecule has 0 amide bonds. The van der Waals surface area contributed by atoms with Crippen LogP contribution in [0.1, 0.15) is 0 Å². The SMILES string of the molecule is O=C(O)COc1cnc(-c2ccccc2)nc1. The third-order valence-electron chi connectivity index (χ3n) is 2.02. The summed E-state index contributed by atoms with van der Waals surface area (Å²) in [7, 11) is 0.